The van der Waals surface area contributed by atoms with Gasteiger partial charge in [-0.05, 0) is 47.3 Å². The molecular weight excluding hydrogens is 448 g/mol. The van der Waals surface area contributed by atoms with Crippen molar-refractivity contribution in [2.24, 2.45) is 0 Å². The van der Waals surface area contributed by atoms with E-state index in [-0.39, 0.29) is 27.7 Å². The van der Waals surface area contributed by atoms with Crippen LogP contribution in [0.2, 0.25) is 5.02 Å². The van der Waals surface area contributed by atoms with Crippen molar-refractivity contribution in [2.75, 3.05) is 12.4 Å². The first kappa shape index (κ1) is 22.4. The summed E-state index contributed by atoms with van der Waals surface area (Å²) < 4.78 is 26.9. The molecule has 160 valence electrons. The lowest BCUT2D eigenvalue weighted by Gasteiger charge is -2.18. The van der Waals surface area contributed by atoms with Crippen LogP contribution in [0.15, 0.2) is 53.9 Å². The summed E-state index contributed by atoms with van der Waals surface area (Å²) in [6.45, 7) is 0. The van der Waals surface area contributed by atoms with Gasteiger partial charge in [-0.1, -0.05) is 23.7 Å². The maximum absolute atomic E-state index is 13.6. The number of anilines is 1. The molecule has 0 aliphatic heterocycles. The van der Waals surface area contributed by atoms with Crippen molar-refractivity contribution in [3.05, 3.63) is 86.6 Å². The number of rotatable bonds is 6. The zero-order chi connectivity index (χ0) is 22.5. The van der Waals surface area contributed by atoms with Crippen molar-refractivity contribution in [3.8, 4) is 0 Å². The van der Waals surface area contributed by atoms with Crippen molar-refractivity contribution < 1.29 is 23.2 Å². The summed E-state index contributed by atoms with van der Waals surface area (Å²) in [5.74, 6) is -3.92. The van der Waals surface area contributed by atoms with E-state index in [1.165, 1.54) is 42.6 Å². The topological polar surface area (TPSA) is 87.3 Å². The number of carbonyl (C=O) groups is 3. The molecule has 0 spiro atoms. The highest BCUT2D eigenvalue weighted by molar-refractivity contribution is 7.12. The van der Waals surface area contributed by atoms with Gasteiger partial charge in [0.1, 0.15) is 6.04 Å². The minimum Gasteiger partial charge on any atom is -0.357 e. The van der Waals surface area contributed by atoms with Gasteiger partial charge in [-0.25, -0.2) is 8.78 Å². The predicted molar refractivity (Wildman–Crippen MR) is 114 cm³/mol. The van der Waals surface area contributed by atoms with Crippen LogP contribution in [-0.2, 0) is 4.79 Å². The van der Waals surface area contributed by atoms with Gasteiger partial charge in [0, 0.05) is 12.6 Å². The number of hydrogen-bond donors (Lipinski definition) is 3. The number of amides is 3. The number of hydrogen-bond acceptors (Lipinski definition) is 4. The van der Waals surface area contributed by atoms with E-state index in [1.54, 1.807) is 17.5 Å². The number of benzene rings is 2. The van der Waals surface area contributed by atoms with Crippen molar-refractivity contribution >= 4 is 46.3 Å². The Balaban J connectivity index is 1.84. The third kappa shape index (κ3) is 5.25. The van der Waals surface area contributed by atoms with Crippen LogP contribution in [0.1, 0.15) is 31.6 Å². The van der Waals surface area contributed by atoms with Crippen LogP contribution in [0, 0.1) is 11.6 Å². The van der Waals surface area contributed by atoms with Crippen molar-refractivity contribution in [1.29, 1.82) is 0 Å². The Morgan fingerprint density at radius 1 is 1.00 bits per heavy atom. The fraction of sp³-hybridized carbons (Fsp3) is 0.0952. The maximum Gasteiger partial charge on any atom is 0.265 e. The van der Waals surface area contributed by atoms with E-state index < -0.39 is 29.5 Å². The largest absolute Gasteiger partial charge is 0.357 e. The molecule has 10 heteroatoms. The lowest BCUT2D eigenvalue weighted by atomic mass is 10.0. The summed E-state index contributed by atoms with van der Waals surface area (Å²) in [6.07, 6.45) is 0. The lowest BCUT2D eigenvalue weighted by Crippen LogP contribution is -2.39. The van der Waals surface area contributed by atoms with E-state index in [4.69, 9.17) is 11.6 Å². The molecule has 0 saturated carbocycles. The first-order valence-electron chi connectivity index (χ1n) is 8.92. The molecule has 0 aliphatic rings. The molecule has 1 atom stereocenters. The summed E-state index contributed by atoms with van der Waals surface area (Å²) in [7, 11) is 1.35. The highest BCUT2D eigenvalue weighted by Crippen LogP contribution is 2.25. The molecule has 1 unspecified atom stereocenters. The van der Waals surface area contributed by atoms with Gasteiger partial charge in [-0.3, -0.25) is 14.4 Å². The average molecular weight is 464 g/mol. The molecule has 1 heterocycles. The lowest BCUT2D eigenvalue weighted by molar-refractivity contribution is -0.122. The fourth-order valence-electron chi connectivity index (χ4n) is 2.70. The molecule has 3 aromatic rings. The minimum atomic E-state index is -1.27. The van der Waals surface area contributed by atoms with Gasteiger partial charge in [-0.2, -0.15) is 0 Å². The summed E-state index contributed by atoms with van der Waals surface area (Å²) in [6, 6.07) is 9.19. The molecule has 31 heavy (non-hydrogen) atoms. The molecule has 1 aromatic heterocycles. The highest BCUT2D eigenvalue weighted by atomic mass is 35.5. The van der Waals surface area contributed by atoms with Crippen LogP contribution in [0.3, 0.4) is 0 Å². The molecule has 0 bridgehead atoms. The zero-order valence-corrected chi connectivity index (χ0v) is 17.6. The molecule has 3 rings (SSSR count). The zero-order valence-electron chi connectivity index (χ0n) is 16.0. The number of thiophene rings is 1. The van der Waals surface area contributed by atoms with Crippen LogP contribution in [0.5, 0.6) is 0 Å². The molecule has 2 aromatic carbocycles. The van der Waals surface area contributed by atoms with Gasteiger partial charge in [0.25, 0.3) is 11.8 Å². The van der Waals surface area contributed by atoms with Crippen LogP contribution in [-0.4, -0.2) is 24.8 Å². The SMILES string of the molecule is CNC(=O)C(NC(=O)c1ccc(Cl)c(NC(=O)c2cccs2)c1)c1ccc(F)c(F)c1. The van der Waals surface area contributed by atoms with Crippen molar-refractivity contribution in [1.82, 2.24) is 10.6 Å². The predicted octanol–water partition coefficient (Wildman–Crippen LogP) is 4.15. The van der Waals surface area contributed by atoms with E-state index in [0.29, 0.717) is 4.88 Å². The summed E-state index contributed by atoms with van der Waals surface area (Å²) in [5.41, 5.74) is 0.367. The maximum atomic E-state index is 13.6. The molecule has 6 nitrogen and oxygen atoms in total. The Morgan fingerprint density at radius 3 is 2.42 bits per heavy atom. The van der Waals surface area contributed by atoms with Gasteiger partial charge in [0.15, 0.2) is 11.6 Å². The third-order valence-electron chi connectivity index (χ3n) is 4.28. The van der Waals surface area contributed by atoms with Crippen molar-refractivity contribution in [3.63, 3.8) is 0 Å². The Labute approximate surface area is 185 Å². The highest BCUT2D eigenvalue weighted by Gasteiger charge is 2.24. The number of halogens is 3. The normalized spacial score (nSPS) is 11.5. The summed E-state index contributed by atoms with van der Waals surface area (Å²) in [4.78, 5) is 37.8. The average Bonchev–Trinajstić information content (AvgIpc) is 3.30. The van der Waals surface area contributed by atoms with Crippen LogP contribution in [0.4, 0.5) is 14.5 Å². The summed E-state index contributed by atoms with van der Waals surface area (Å²) in [5, 5.41) is 9.44. The van der Waals surface area contributed by atoms with Crippen LogP contribution < -0.4 is 16.0 Å². The number of nitrogens with one attached hydrogen (secondary N) is 3. The minimum absolute atomic E-state index is 0.0618. The fourth-order valence-corrected chi connectivity index (χ4v) is 3.49. The van der Waals surface area contributed by atoms with E-state index in [0.717, 1.165) is 12.1 Å². The Bertz CT molecular complexity index is 1140. The first-order valence-corrected chi connectivity index (χ1v) is 10.2. The van der Waals surface area contributed by atoms with Crippen LogP contribution in [0.25, 0.3) is 0 Å². The monoisotopic (exact) mass is 463 g/mol. The number of likely N-dealkylation sites (N-methyl/N-ethyl adjacent to an activating group) is 1. The Kier molecular flexibility index (Phi) is 6.98. The second-order valence-electron chi connectivity index (χ2n) is 6.32. The van der Waals surface area contributed by atoms with Gasteiger partial charge in [0.2, 0.25) is 5.91 Å². The molecule has 0 aliphatic carbocycles. The van der Waals surface area contributed by atoms with Gasteiger partial charge < -0.3 is 16.0 Å². The molecule has 0 radical (unpaired) electrons. The molecular formula is C21H16ClF2N3O3S. The standard InChI is InChI=1S/C21H16ClF2N3O3S/c1-25-21(30)18(11-5-7-14(23)15(24)9-11)27-19(28)12-4-6-13(22)16(10-12)26-20(29)17-3-2-8-31-17/h2-10,18H,1H3,(H,25,30)(H,26,29)(H,27,28). The third-order valence-corrected chi connectivity index (χ3v) is 5.48. The molecule has 0 saturated heterocycles. The quantitative estimate of drug-likeness (QED) is 0.513. The molecule has 0 fully saturated rings. The van der Waals surface area contributed by atoms with E-state index in [1.807, 2.05) is 0 Å². The first-order chi connectivity index (χ1) is 14.8. The van der Waals surface area contributed by atoms with Crippen LogP contribution >= 0.6 is 22.9 Å². The van der Waals surface area contributed by atoms with E-state index in [9.17, 15) is 23.2 Å². The second-order valence-corrected chi connectivity index (χ2v) is 7.68. The van der Waals surface area contributed by atoms with E-state index in [2.05, 4.69) is 16.0 Å². The van der Waals surface area contributed by atoms with E-state index >= 15 is 0 Å². The molecule has 3 N–H and O–H groups in total. The Morgan fingerprint density at radius 2 is 1.77 bits per heavy atom. The van der Waals surface area contributed by atoms with Crippen molar-refractivity contribution in [2.45, 2.75) is 6.04 Å². The smallest absolute Gasteiger partial charge is 0.265 e. The Hall–Kier alpha value is -3.30. The summed E-state index contributed by atoms with van der Waals surface area (Å²) >= 11 is 7.37. The van der Waals surface area contributed by atoms with Gasteiger partial charge >= 0.3 is 0 Å². The molecule has 3 amide bonds. The van der Waals surface area contributed by atoms with Gasteiger partial charge in [-0.15, -0.1) is 11.3 Å². The van der Waals surface area contributed by atoms with Gasteiger partial charge in [0.05, 0.1) is 15.6 Å². The number of carbonyl (C=O) groups excluding carboxylic acids is 3. The second kappa shape index (κ2) is 9.67.